The molecule has 3 N–H and O–H groups in total. The van der Waals surface area contributed by atoms with Crippen molar-refractivity contribution in [1.29, 1.82) is 0 Å². The molecule has 0 radical (unpaired) electrons. The van der Waals surface area contributed by atoms with Gasteiger partial charge in [-0.3, -0.25) is 9.59 Å². The number of hydrogen-bond donors (Lipinski definition) is 3. The van der Waals surface area contributed by atoms with Crippen LogP contribution in [-0.4, -0.2) is 31.4 Å². The fourth-order valence-corrected chi connectivity index (χ4v) is 7.12. The predicted octanol–water partition coefficient (Wildman–Crippen LogP) is 6.19. The maximum absolute atomic E-state index is 13.3. The van der Waals surface area contributed by atoms with Gasteiger partial charge in [0.15, 0.2) is 0 Å². The molecule has 40 heavy (non-hydrogen) atoms. The summed E-state index contributed by atoms with van der Waals surface area (Å²) in [5.74, 6) is -1.85. The Bertz CT molecular complexity index is 1470. The van der Waals surface area contributed by atoms with Gasteiger partial charge in [-0.25, -0.2) is 13.1 Å². The third-order valence-corrected chi connectivity index (χ3v) is 9.59. The highest BCUT2D eigenvalue weighted by molar-refractivity contribution is 7.89. The molecule has 0 aliphatic carbocycles. The molecule has 3 aromatic rings. The van der Waals surface area contributed by atoms with Crippen molar-refractivity contribution in [3.8, 4) is 0 Å². The Labute approximate surface area is 245 Å². The monoisotopic (exact) mass is 602 g/mol. The molecule has 1 aliphatic rings. The summed E-state index contributed by atoms with van der Waals surface area (Å²) in [6, 6.07) is 21.4. The van der Waals surface area contributed by atoms with Crippen LogP contribution in [-0.2, 0) is 19.6 Å². The molecule has 5 atom stereocenters. The second-order valence-corrected chi connectivity index (χ2v) is 13.3. The van der Waals surface area contributed by atoms with Gasteiger partial charge in [0.2, 0.25) is 15.9 Å². The first-order valence-electron chi connectivity index (χ1n) is 13.0. The topological polar surface area (TPSA) is 113 Å². The summed E-state index contributed by atoms with van der Waals surface area (Å²) >= 11 is 12.4. The summed E-state index contributed by atoms with van der Waals surface area (Å²) in [5.41, 5.74) is 0.501. The molecular formula is C30H32Cl2N2O5S. The van der Waals surface area contributed by atoms with Crippen molar-refractivity contribution >= 4 is 45.1 Å². The van der Waals surface area contributed by atoms with Crippen molar-refractivity contribution in [2.24, 2.45) is 11.3 Å². The van der Waals surface area contributed by atoms with Crippen LogP contribution in [0.5, 0.6) is 0 Å². The average Bonchev–Trinajstić information content (AvgIpc) is 2.90. The van der Waals surface area contributed by atoms with Crippen LogP contribution in [0.1, 0.15) is 56.2 Å². The van der Waals surface area contributed by atoms with Gasteiger partial charge in [0.05, 0.1) is 16.7 Å². The second-order valence-electron chi connectivity index (χ2n) is 10.7. The van der Waals surface area contributed by atoms with E-state index in [1.807, 2.05) is 25.1 Å². The van der Waals surface area contributed by atoms with E-state index in [4.69, 9.17) is 23.2 Å². The van der Waals surface area contributed by atoms with Gasteiger partial charge in [-0.1, -0.05) is 79.5 Å². The van der Waals surface area contributed by atoms with E-state index < -0.39 is 33.5 Å². The Kier molecular flexibility index (Phi) is 9.25. The molecule has 1 unspecified atom stereocenters. The zero-order valence-electron chi connectivity index (χ0n) is 22.2. The van der Waals surface area contributed by atoms with Crippen molar-refractivity contribution in [3.63, 3.8) is 0 Å². The minimum absolute atomic E-state index is 0.147. The van der Waals surface area contributed by atoms with Gasteiger partial charge in [-0.2, -0.15) is 0 Å². The van der Waals surface area contributed by atoms with Crippen LogP contribution in [0.2, 0.25) is 10.0 Å². The van der Waals surface area contributed by atoms with E-state index in [9.17, 15) is 23.1 Å². The molecule has 3 aromatic carbocycles. The van der Waals surface area contributed by atoms with Crippen molar-refractivity contribution < 1.29 is 23.1 Å². The number of carbonyl (C=O) groups is 2. The summed E-state index contributed by atoms with van der Waals surface area (Å²) in [7, 11) is -3.86. The molecule has 1 aliphatic heterocycles. The smallest absolute Gasteiger partial charge is 0.304 e. The standard InChI is InChI=1S/C30H32Cl2N2O5S/c1-19(15-26(20-11-13-22(31)14-12-20)34-40(38,39)24-9-4-3-5-10-24)28-25(21-7-6-8-23(32)16-21)17-30(2,18-27(35)36)29(37)33-28/h3-14,16,19,25-26,28,34H,15,17-18H2,1-2H3,(H,33,37)(H,35,36)/t19?,25-,26+,28+,30+/m1/s1. The molecule has 0 aromatic heterocycles. The van der Waals surface area contributed by atoms with E-state index in [1.165, 1.54) is 12.1 Å². The lowest BCUT2D eigenvalue weighted by molar-refractivity contribution is -0.147. The number of piperidine rings is 1. The number of aliphatic carboxylic acids is 1. The number of benzene rings is 3. The molecule has 1 fully saturated rings. The zero-order valence-corrected chi connectivity index (χ0v) is 24.5. The van der Waals surface area contributed by atoms with Crippen molar-refractivity contribution in [1.82, 2.24) is 10.0 Å². The maximum atomic E-state index is 13.3. The van der Waals surface area contributed by atoms with Crippen molar-refractivity contribution in [2.75, 3.05) is 0 Å². The minimum Gasteiger partial charge on any atom is -0.481 e. The molecule has 0 spiro atoms. The number of sulfonamides is 1. The van der Waals surface area contributed by atoms with Crippen LogP contribution in [0, 0.1) is 11.3 Å². The highest BCUT2D eigenvalue weighted by atomic mass is 35.5. The third kappa shape index (κ3) is 7.04. The first-order valence-corrected chi connectivity index (χ1v) is 15.2. The molecule has 0 bridgehead atoms. The summed E-state index contributed by atoms with van der Waals surface area (Å²) in [6.07, 6.45) is 0.356. The zero-order chi connectivity index (χ0) is 29.1. The SMILES string of the molecule is CC(C[C@H](NS(=O)(=O)c1ccccc1)c1ccc(Cl)cc1)[C@@H]1NC(=O)[C@](C)(CC(=O)O)C[C@@H]1c1cccc(Cl)c1. The normalized spacial score (nSPS) is 22.8. The first-order chi connectivity index (χ1) is 18.9. The third-order valence-electron chi connectivity index (χ3n) is 7.61. The summed E-state index contributed by atoms with van der Waals surface area (Å²) in [5, 5.41) is 13.7. The fourth-order valence-electron chi connectivity index (χ4n) is 5.54. The van der Waals surface area contributed by atoms with E-state index in [1.54, 1.807) is 55.5 Å². The minimum atomic E-state index is -3.86. The van der Waals surface area contributed by atoms with E-state index in [2.05, 4.69) is 10.0 Å². The summed E-state index contributed by atoms with van der Waals surface area (Å²) in [4.78, 5) is 25.1. The highest BCUT2D eigenvalue weighted by Gasteiger charge is 2.47. The Balaban J connectivity index is 1.68. The molecule has 4 rings (SSSR count). The van der Waals surface area contributed by atoms with Gasteiger partial charge in [-0.05, 0) is 66.3 Å². The van der Waals surface area contributed by atoms with E-state index >= 15 is 0 Å². The van der Waals surface area contributed by atoms with Crippen LogP contribution < -0.4 is 10.0 Å². The van der Waals surface area contributed by atoms with Gasteiger partial charge in [0.25, 0.3) is 0 Å². The molecule has 1 heterocycles. The highest BCUT2D eigenvalue weighted by Crippen LogP contribution is 2.44. The number of carbonyl (C=O) groups excluding carboxylic acids is 1. The molecule has 212 valence electrons. The summed E-state index contributed by atoms with van der Waals surface area (Å²) in [6.45, 7) is 3.63. The molecule has 1 amide bonds. The Morgan fingerprint density at radius 1 is 1.05 bits per heavy atom. The largest absolute Gasteiger partial charge is 0.481 e. The maximum Gasteiger partial charge on any atom is 0.304 e. The second kappa shape index (κ2) is 12.3. The fraction of sp³-hybridized carbons (Fsp3) is 0.333. The van der Waals surface area contributed by atoms with Gasteiger partial charge >= 0.3 is 5.97 Å². The van der Waals surface area contributed by atoms with Crippen LogP contribution >= 0.6 is 23.2 Å². The van der Waals surface area contributed by atoms with Crippen LogP contribution in [0.15, 0.2) is 83.8 Å². The number of rotatable bonds is 10. The molecule has 7 nitrogen and oxygen atoms in total. The number of halogens is 2. The number of carboxylic acids is 1. The molecule has 1 saturated heterocycles. The average molecular weight is 604 g/mol. The Morgan fingerprint density at radius 3 is 2.35 bits per heavy atom. The van der Waals surface area contributed by atoms with Gasteiger partial charge in [0, 0.05) is 28.0 Å². The lowest BCUT2D eigenvalue weighted by atomic mass is 9.67. The number of carboxylic acid groups (broad SMARTS) is 1. The van der Waals surface area contributed by atoms with Crippen molar-refractivity contribution in [3.05, 3.63) is 100 Å². The molecule has 10 heteroatoms. The van der Waals surface area contributed by atoms with Gasteiger partial charge in [-0.15, -0.1) is 0 Å². The van der Waals surface area contributed by atoms with Crippen LogP contribution in [0.3, 0.4) is 0 Å². The van der Waals surface area contributed by atoms with E-state index in [0.29, 0.717) is 22.9 Å². The summed E-state index contributed by atoms with van der Waals surface area (Å²) < 4.78 is 29.5. The predicted molar refractivity (Wildman–Crippen MR) is 156 cm³/mol. The number of amides is 1. The van der Waals surface area contributed by atoms with Crippen LogP contribution in [0.4, 0.5) is 0 Å². The quantitative estimate of drug-likeness (QED) is 0.256. The van der Waals surface area contributed by atoms with Crippen LogP contribution in [0.25, 0.3) is 0 Å². The lowest BCUT2D eigenvalue weighted by Crippen LogP contribution is -2.56. The lowest BCUT2D eigenvalue weighted by Gasteiger charge is -2.45. The Hall–Kier alpha value is -2.91. The molecule has 0 saturated carbocycles. The molecular weight excluding hydrogens is 571 g/mol. The van der Waals surface area contributed by atoms with E-state index in [-0.39, 0.29) is 29.1 Å². The van der Waals surface area contributed by atoms with Gasteiger partial charge < -0.3 is 10.4 Å². The van der Waals surface area contributed by atoms with Crippen molar-refractivity contribution in [2.45, 2.75) is 56.0 Å². The number of hydrogen-bond acceptors (Lipinski definition) is 4. The number of nitrogens with one attached hydrogen (secondary N) is 2. The first kappa shape index (κ1) is 30.1. The van der Waals surface area contributed by atoms with Gasteiger partial charge in [0.1, 0.15) is 0 Å². The van der Waals surface area contributed by atoms with E-state index in [0.717, 1.165) is 11.1 Å². The Morgan fingerprint density at radius 2 is 1.73 bits per heavy atom.